The smallest absolute Gasteiger partial charge is 0.261 e. The first-order chi connectivity index (χ1) is 17.4. The van der Waals surface area contributed by atoms with E-state index < -0.39 is 6.04 Å². The Hall–Kier alpha value is -3.31. The Bertz CT molecular complexity index is 1100. The van der Waals surface area contributed by atoms with E-state index in [1.54, 1.807) is 17.0 Å². The van der Waals surface area contributed by atoms with Crippen molar-refractivity contribution in [3.05, 3.63) is 101 Å². The second-order valence-electron chi connectivity index (χ2n) is 8.96. The van der Waals surface area contributed by atoms with Gasteiger partial charge in [0.2, 0.25) is 5.91 Å². The highest BCUT2D eigenvalue weighted by atomic mass is 35.5. The number of nitrogens with zero attached hydrogens (tertiary/aromatic N) is 1. The summed E-state index contributed by atoms with van der Waals surface area (Å²) in [6, 6.07) is 24.1. The average molecular weight is 507 g/mol. The number of rotatable bonds is 12. The Kier molecular flexibility index (Phi) is 10.4. The first-order valence-electron chi connectivity index (χ1n) is 12.5. The lowest BCUT2D eigenvalue weighted by molar-refractivity contribution is -0.143. The van der Waals surface area contributed by atoms with Gasteiger partial charge in [0, 0.05) is 24.0 Å². The minimum Gasteiger partial charge on any atom is -0.484 e. The number of carbonyl (C=O) groups excluding carboxylic acids is 2. The van der Waals surface area contributed by atoms with E-state index in [0.717, 1.165) is 24.0 Å². The molecule has 0 unspecified atom stereocenters. The van der Waals surface area contributed by atoms with Crippen LogP contribution in [0.5, 0.6) is 5.75 Å². The van der Waals surface area contributed by atoms with Gasteiger partial charge in [0.1, 0.15) is 11.8 Å². The average Bonchev–Trinajstić information content (AvgIpc) is 2.91. The molecule has 1 N–H and O–H groups in total. The summed E-state index contributed by atoms with van der Waals surface area (Å²) in [7, 11) is 0. The van der Waals surface area contributed by atoms with E-state index in [-0.39, 0.29) is 31.0 Å². The predicted molar refractivity (Wildman–Crippen MR) is 145 cm³/mol. The van der Waals surface area contributed by atoms with Crippen LogP contribution in [0, 0.1) is 0 Å². The lowest BCUT2D eigenvalue weighted by Crippen LogP contribution is -2.53. The molecule has 0 saturated heterocycles. The number of benzene rings is 3. The molecular formula is C30H35ClN2O3. The van der Waals surface area contributed by atoms with Crippen molar-refractivity contribution < 1.29 is 14.3 Å². The Morgan fingerprint density at radius 1 is 0.889 bits per heavy atom. The SMILES string of the molecule is CCc1ccc(OCC(=O)N(Cc2ccc(Cl)cc2)[C@H](Cc2ccccc2)C(=O)N[C@@H](C)CC)cc1. The third-order valence-corrected chi connectivity index (χ3v) is 6.48. The molecule has 2 atom stereocenters. The van der Waals surface area contributed by atoms with Crippen LogP contribution in [0.3, 0.4) is 0 Å². The fourth-order valence-corrected chi connectivity index (χ4v) is 3.96. The van der Waals surface area contributed by atoms with Crippen LogP contribution in [-0.2, 0) is 29.0 Å². The lowest BCUT2D eigenvalue weighted by atomic mass is 10.0. The summed E-state index contributed by atoms with van der Waals surface area (Å²) in [6.45, 7) is 6.17. The molecule has 0 aliphatic carbocycles. The summed E-state index contributed by atoms with van der Waals surface area (Å²) in [6.07, 6.45) is 2.12. The second-order valence-corrected chi connectivity index (χ2v) is 9.39. The molecule has 0 radical (unpaired) electrons. The van der Waals surface area contributed by atoms with Gasteiger partial charge in [-0.1, -0.05) is 80.0 Å². The highest BCUT2D eigenvalue weighted by Crippen LogP contribution is 2.18. The van der Waals surface area contributed by atoms with E-state index in [4.69, 9.17) is 16.3 Å². The molecule has 3 aromatic rings. The number of amides is 2. The van der Waals surface area contributed by atoms with Crippen molar-refractivity contribution in [3.63, 3.8) is 0 Å². The van der Waals surface area contributed by atoms with Crippen LogP contribution < -0.4 is 10.1 Å². The molecule has 0 fully saturated rings. The Balaban J connectivity index is 1.88. The van der Waals surface area contributed by atoms with E-state index in [1.807, 2.05) is 80.6 Å². The molecular weight excluding hydrogens is 472 g/mol. The fraction of sp³-hybridized carbons (Fsp3) is 0.333. The van der Waals surface area contributed by atoms with Crippen molar-refractivity contribution in [1.29, 1.82) is 0 Å². The predicted octanol–water partition coefficient (Wildman–Crippen LogP) is 5.84. The number of carbonyl (C=O) groups is 2. The van der Waals surface area contributed by atoms with Gasteiger partial charge in [-0.05, 0) is 60.7 Å². The van der Waals surface area contributed by atoms with Gasteiger partial charge in [0.25, 0.3) is 5.91 Å². The number of aryl methyl sites for hydroxylation is 1. The number of hydrogen-bond acceptors (Lipinski definition) is 3. The first kappa shape index (κ1) is 27.3. The van der Waals surface area contributed by atoms with E-state index in [0.29, 0.717) is 17.2 Å². The van der Waals surface area contributed by atoms with E-state index >= 15 is 0 Å². The highest BCUT2D eigenvalue weighted by molar-refractivity contribution is 6.30. The monoisotopic (exact) mass is 506 g/mol. The fourth-order valence-electron chi connectivity index (χ4n) is 3.83. The Morgan fingerprint density at radius 2 is 1.53 bits per heavy atom. The molecule has 0 bridgehead atoms. The molecule has 36 heavy (non-hydrogen) atoms. The molecule has 0 aliphatic heterocycles. The first-order valence-corrected chi connectivity index (χ1v) is 12.9. The van der Waals surface area contributed by atoms with E-state index in [9.17, 15) is 9.59 Å². The molecule has 0 spiro atoms. The number of ether oxygens (including phenoxy) is 1. The summed E-state index contributed by atoms with van der Waals surface area (Å²) in [5.41, 5.74) is 3.06. The third-order valence-electron chi connectivity index (χ3n) is 6.23. The third kappa shape index (κ3) is 8.13. The second kappa shape index (κ2) is 13.7. The van der Waals surface area contributed by atoms with Crippen LogP contribution in [0.15, 0.2) is 78.9 Å². The summed E-state index contributed by atoms with van der Waals surface area (Å²) in [4.78, 5) is 28.7. The van der Waals surface area contributed by atoms with Crippen molar-refractivity contribution in [2.24, 2.45) is 0 Å². The van der Waals surface area contributed by atoms with E-state index in [2.05, 4.69) is 12.2 Å². The molecule has 5 nitrogen and oxygen atoms in total. The number of hydrogen-bond donors (Lipinski definition) is 1. The molecule has 6 heteroatoms. The van der Waals surface area contributed by atoms with Crippen LogP contribution in [0.2, 0.25) is 5.02 Å². The molecule has 0 aliphatic rings. The van der Waals surface area contributed by atoms with Gasteiger partial charge in [-0.2, -0.15) is 0 Å². The summed E-state index contributed by atoms with van der Waals surface area (Å²) < 4.78 is 5.84. The summed E-state index contributed by atoms with van der Waals surface area (Å²) in [5, 5.41) is 3.69. The largest absolute Gasteiger partial charge is 0.484 e. The standard InChI is InChI=1S/C30H35ClN2O3/c1-4-22(3)32-30(35)28(19-24-9-7-6-8-10-24)33(20-25-11-15-26(31)16-12-25)29(34)21-36-27-17-13-23(5-2)14-18-27/h6-18,22,28H,4-5,19-21H2,1-3H3,(H,32,35)/t22-,28+/m0/s1. The Morgan fingerprint density at radius 3 is 2.14 bits per heavy atom. The van der Waals surface area contributed by atoms with E-state index in [1.165, 1.54) is 5.56 Å². The summed E-state index contributed by atoms with van der Waals surface area (Å²) >= 11 is 6.08. The topological polar surface area (TPSA) is 58.6 Å². The maximum atomic E-state index is 13.6. The number of halogens is 1. The van der Waals surface area contributed by atoms with Crippen molar-refractivity contribution in [3.8, 4) is 5.75 Å². The van der Waals surface area contributed by atoms with Crippen molar-refractivity contribution in [1.82, 2.24) is 10.2 Å². The molecule has 190 valence electrons. The summed E-state index contributed by atoms with van der Waals surface area (Å²) in [5.74, 6) is 0.184. The van der Waals surface area contributed by atoms with Gasteiger partial charge < -0.3 is 15.0 Å². The van der Waals surface area contributed by atoms with Gasteiger partial charge in [-0.3, -0.25) is 9.59 Å². The van der Waals surface area contributed by atoms with Crippen molar-refractivity contribution in [2.45, 2.75) is 58.7 Å². The minimum atomic E-state index is -0.698. The van der Waals surface area contributed by atoms with Crippen LogP contribution in [0.25, 0.3) is 0 Å². The molecule has 3 rings (SSSR count). The van der Waals surface area contributed by atoms with Crippen LogP contribution >= 0.6 is 11.6 Å². The van der Waals surface area contributed by atoms with Crippen molar-refractivity contribution >= 4 is 23.4 Å². The zero-order valence-corrected chi connectivity index (χ0v) is 22.0. The lowest BCUT2D eigenvalue weighted by Gasteiger charge is -2.32. The zero-order valence-electron chi connectivity index (χ0n) is 21.2. The molecule has 0 heterocycles. The minimum absolute atomic E-state index is 0.00316. The number of nitrogens with one attached hydrogen (secondary N) is 1. The van der Waals surface area contributed by atoms with Gasteiger partial charge in [-0.15, -0.1) is 0 Å². The molecule has 0 aromatic heterocycles. The highest BCUT2D eigenvalue weighted by Gasteiger charge is 2.31. The molecule has 2 amide bonds. The van der Waals surface area contributed by atoms with Crippen molar-refractivity contribution in [2.75, 3.05) is 6.61 Å². The van der Waals surface area contributed by atoms with Crippen LogP contribution in [-0.4, -0.2) is 35.4 Å². The maximum absolute atomic E-state index is 13.6. The quantitative estimate of drug-likeness (QED) is 0.336. The normalized spacial score (nSPS) is 12.4. The molecule has 3 aromatic carbocycles. The zero-order chi connectivity index (χ0) is 25.9. The van der Waals surface area contributed by atoms with Gasteiger partial charge in [-0.25, -0.2) is 0 Å². The van der Waals surface area contributed by atoms with Crippen LogP contribution in [0.4, 0.5) is 0 Å². The van der Waals surface area contributed by atoms with Gasteiger partial charge >= 0.3 is 0 Å². The molecule has 0 saturated carbocycles. The van der Waals surface area contributed by atoms with Gasteiger partial charge in [0.05, 0.1) is 0 Å². The Labute approximate surface area is 219 Å². The maximum Gasteiger partial charge on any atom is 0.261 e. The van der Waals surface area contributed by atoms with Gasteiger partial charge in [0.15, 0.2) is 6.61 Å². The van der Waals surface area contributed by atoms with Crippen LogP contribution in [0.1, 0.15) is 43.9 Å².